The monoisotopic (exact) mass is 271 g/mol. The van der Waals surface area contributed by atoms with Crippen molar-refractivity contribution in [3.63, 3.8) is 0 Å². The van der Waals surface area contributed by atoms with Gasteiger partial charge in [-0.2, -0.15) is 0 Å². The summed E-state index contributed by atoms with van der Waals surface area (Å²) in [5.41, 5.74) is 4.92. The average molecular weight is 271 g/mol. The molecule has 0 radical (unpaired) electrons. The molecule has 1 atom stereocenters. The van der Waals surface area contributed by atoms with Crippen molar-refractivity contribution in [1.29, 1.82) is 0 Å². The third-order valence-corrected chi connectivity index (χ3v) is 3.95. The summed E-state index contributed by atoms with van der Waals surface area (Å²) in [5.74, 6) is -0.270. The molecule has 1 aliphatic rings. The van der Waals surface area contributed by atoms with E-state index in [1.165, 1.54) is 0 Å². The number of nitrogens with two attached hydrogens (primary N) is 1. The second-order valence-corrected chi connectivity index (χ2v) is 6.02. The summed E-state index contributed by atoms with van der Waals surface area (Å²) in [6.07, 6.45) is 3.29. The highest BCUT2D eigenvalue weighted by molar-refractivity contribution is 5.84. The fraction of sp³-hybridized carbons (Fsp3) is 0.929. The summed E-state index contributed by atoms with van der Waals surface area (Å²) in [6.45, 7) is 8.94. The lowest BCUT2D eigenvalue weighted by Crippen LogP contribution is -2.57. The van der Waals surface area contributed by atoms with E-state index in [1.54, 1.807) is 7.11 Å². The fourth-order valence-electron chi connectivity index (χ4n) is 2.65. The van der Waals surface area contributed by atoms with Crippen LogP contribution in [-0.4, -0.2) is 55.2 Å². The number of nitrogens with zero attached hydrogens (tertiary/aromatic N) is 1. The maximum absolute atomic E-state index is 11.6. The smallest absolute Gasteiger partial charge is 0.237 e. The molecule has 1 amide bonds. The van der Waals surface area contributed by atoms with Crippen LogP contribution in [-0.2, 0) is 9.53 Å². The first-order valence-electron chi connectivity index (χ1n) is 7.20. The Kier molecular flexibility index (Phi) is 6.23. The molecule has 1 heterocycles. The summed E-state index contributed by atoms with van der Waals surface area (Å²) < 4.78 is 5.36. The topological polar surface area (TPSA) is 67.6 Å². The molecule has 0 bridgehead atoms. The first kappa shape index (κ1) is 16.4. The largest absolute Gasteiger partial charge is 0.381 e. The molecule has 0 aromatic rings. The van der Waals surface area contributed by atoms with Gasteiger partial charge in [0.15, 0.2) is 0 Å². The minimum absolute atomic E-state index is 0.247. The number of hydrogen-bond acceptors (Lipinski definition) is 4. The van der Waals surface area contributed by atoms with Crippen LogP contribution in [0.15, 0.2) is 0 Å². The predicted octanol–water partition coefficient (Wildman–Crippen LogP) is 0.729. The minimum Gasteiger partial charge on any atom is -0.381 e. The van der Waals surface area contributed by atoms with E-state index in [0.29, 0.717) is 6.10 Å². The molecular weight excluding hydrogens is 242 g/mol. The van der Waals surface area contributed by atoms with Crippen LogP contribution in [0.25, 0.3) is 0 Å². The van der Waals surface area contributed by atoms with Gasteiger partial charge in [-0.25, -0.2) is 0 Å². The normalized spacial score (nSPS) is 21.5. The van der Waals surface area contributed by atoms with Gasteiger partial charge in [-0.05, 0) is 40.0 Å². The van der Waals surface area contributed by atoms with Crippen molar-refractivity contribution in [3.8, 4) is 0 Å². The molecule has 5 heteroatoms. The second-order valence-electron chi connectivity index (χ2n) is 6.02. The SMILES string of the molecule is COC1CCN(CCC(C)(NC(C)C)C(N)=O)CC1. The Morgan fingerprint density at radius 1 is 1.47 bits per heavy atom. The van der Waals surface area contributed by atoms with Gasteiger partial charge in [0.25, 0.3) is 0 Å². The van der Waals surface area contributed by atoms with Crippen LogP contribution in [0, 0.1) is 0 Å². The minimum atomic E-state index is -0.619. The number of piperidine rings is 1. The molecule has 1 unspecified atom stereocenters. The standard InChI is InChI=1S/C14H29N3O2/c1-11(2)16-14(3,13(15)18)7-10-17-8-5-12(19-4)6-9-17/h11-12,16H,5-10H2,1-4H3,(H2,15,18). The summed E-state index contributed by atoms with van der Waals surface area (Å²) in [6, 6.07) is 0.247. The van der Waals surface area contributed by atoms with Gasteiger partial charge in [0.05, 0.1) is 11.6 Å². The van der Waals surface area contributed by atoms with Crippen LogP contribution in [0.4, 0.5) is 0 Å². The number of methoxy groups -OCH3 is 1. The van der Waals surface area contributed by atoms with Crippen molar-refractivity contribution >= 4 is 5.91 Å². The maximum atomic E-state index is 11.6. The number of carbonyl (C=O) groups is 1. The highest BCUT2D eigenvalue weighted by Crippen LogP contribution is 2.16. The predicted molar refractivity (Wildman–Crippen MR) is 77.0 cm³/mol. The van der Waals surface area contributed by atoms with Gasteiger partial charge in [0, 0.05) is 32.8 Å². The molecule has 1 fully saturated rings. The first-order chi connectivity index (χ1) is 8.87. The van der Waals surface area contributed by atoms with E-state index < -0.39 is 5.54 Å². The van der Waals surface area contributed by atoms with Crippen LogP contribution in [0.5, 0.6) is 0 Å². The number of carbonyl (C=O) groups excluding carboxylic acids is 1. The first-order valence-corrected chi connectivity index (χ1v) is 7.20. The summed E-state index contributed by atoms with van der Waals surface area (Å²) >= 11 is 0. The molecule has 0 aromatic carbocycles. The Morgan fingerprint density at radius 2 is 2.05 bits per heavy atom. The van der Waals surface area contributed by atoms with Gasteiger partial charge in [0.2, 0.25) is 5.91 Å². The van der Waals surface area contributed by atoms with Crippen molar-refractivity contribution in [3.05, 3.63) is 0 Å². The van der Waals surface area contributed by atoms with Gasteiger partial charge in [-0.15, -0.1) is 0 Å². The molecule has 0 aliphatic carbocycles. The lowest BCUT2D eigenvalue weighted by molar-refractivity contribution is -0.124. The lowest BCUT2D eigenvalue weighted by Gasteiger charge is -2.35. The van der Waals surface area contributed by atoms with E-state index in [0.717, 1.165) is 38.9 Å². The summed E-state index contributed by atoms with van der Waals surface area (Å²) in [4.78, 5) is 14.0. The Balaban J connectivity index is 2.42. The molecule has 1 aliphatic heterocycles. The highest BCUT2D eigenvalue weighted by Gasteiger charge is 2.32. The molecule has 1 saturated heterocycles. The molecule has 1 rings (SSSR count). The number of rotatable bonds is 7. The number of hydrogen-bond donors (Lipinski definition) is 2. The number of likely N-dealkylation sites (tertiary alicyclic amines) is 1. The van der Waals surface area contributed by atoms with E-state index in [-0.39, 0.29) is 11.9 Å². The summed E-state index contributed by atoms with van der Waals surface area (Å²) in [7, 11) is 1.77. The lowest BCUT2D eigenvalue weighted by atomic mass is 9.95. The molecule has 3 N–H and O–H groups in total. The van der Waals surface area contributed by atoms with Gasteiger partial charge in [-0.1, -0.05) is 0 Å². The Morgan fingerprint density at radius 3 is 2.47 bits per heavy atom. The molecule has 0 saturated carbocycles. The van der Waals surface area contributed by atoms with E-state index in [2.05, 4.69) is 10.2 Å². The number of ether oxygens (including phenoxy) is 1. The molecule has 0 spiro atoms. The zero-order chi connectivity index (χ0) is 14.5. The van der Waals surface area contributed by atoms with E-state index in [9.17, 15) is 4.79 Å². The molecule has 112 valence electrons. The third kappa shape index (κ3) is 5.09. The average Bonchev–Trinajstić information content (AvgIpc) is 2.36. The van der Waals surface area contributed by atoms with E-state index >= 15 is 0 Å². The Hall–Kier alpha value is -0.650. The van der Waals surface area contributed by atoms with E-state index in [4.69, 9.17) is 10.5 Å². The third-order valence-electron chi connectivity index (χ3n) is 3.95. The Bertz CT molecular complexity index is 288. The van der Waals surface area contributed by atoms with Crippen LogP contribution >= 0.6 is 0 Å². The van der Waals surface area contributed by atoms with Crippen LogP contribution < -0.4 is 11.1 Å². The van der Waals surface area contributed by atoms with Crippen LogP contribution in [0.2, 0.25) is 0 Å². The number of nitrogens with one attached hydrogen (secondary N) is 1. The number of primary amides is 1. The molecule has 19 heavy (non-hydrogen) atoms. The quantitative estimate of drug-likeness (QED) is 0.716. The van der Waals surface area contributed by atoms with Crippen LogP contribution in [0.3, 0.4) is 0 Å². The number of amides is 1. The van der Waals surface area contributed by atoms with Crippen molar-refractivity contribution in [2.45, 2.75) is 57.7 Å². The summed E-state index contributed by atoms with van der Waals surface area (Å²) in [5, 5.41) is 3.29. The van der Waals surface area contributed by atoms with Gasteiger partial charge in [-0.3, -0.25) is 4.79 Å². The highest BCUT2D eigenvalue weighted by atomic mass is 16.5. The van der Waals surface area contributed by atoms with Crippen molar-refractivity contribution in [2.75, 3.05) is 26.7 Å². The maximum Gasteiger partial charge on any atom is 0.237 e. The van der Waals surface area contributed by atoms with Gasteiger partial charge >= 0.3 is 0 Å². The van der Waals surface area contributed by atoms with Crippen molar-refractivity contribution in [1.82, 2.24) is 10.2 Å². The molecular formula is C14H29N3O2. The zero-order valence-electron chi connectivity index (χ0n) is 12.7. The Labute approximate surface area is 116 Å². The van der Waals surface area contributed by atoms with Gasteiger partial charge < -0.3 is 20.7 Å². The molecule has 5 nitrogen and oxygen atoms in total. The van der Waals surface area contributed by atoms with Crippen LogP contribution in [0.1, 0.15) is 40.0 Å². The van der Waals surface area contributed by atoms with Crippen molar-refractivity contribution in [2.24, 2.45) is 5.73 Å². The fourth-order valence-corrected chi connectivity index (χ4v) is 2.65. The van der Waals surface area contributed by atoms with Gasteiger partial charge in [0.1, 0.15) is 0 Å². The molecule has 0 aromatic heterocycles. The zero-order valence-corrected chi connectivity index (χ0v) is 12.7. The van der Waals surface area contributed by atoms with E-state index in [1.807, 2.05) is 20.8 Å². The van der Waals surface area contributed by atoms with Crippen molar-refractivity contribution < 1.29 is 9.53 Å². The second kappa shape index (κ2) is 7.22.